The number of carbonyl (C=O) groups is 1. The number of thiazole rings is 1. The topological polar surface area (TPSA) is 64.1 Å². The Labute approximate surface area is 192 Å². The van der Waals surface area contributed by atoms with Gasteiger partial charge in [0.15, 0.2) is 5.13 Å². The van der Waals surface area contributed by atoms with E-state index >= 15 is 0 Å². The zero-order valence-corrected chi connectivity index (χ0v) is 19.4. The lowest BCUT2D eigenvalue weighted by Crippen LogP contribution is -2.11. The lowest BCUT2D eigenvalue weighted by molar-refractivity contribution is 0.102. The van der Waals surface area contributed by atoms with Crippen molar-refractivity contribution in [2.24, 2.45) is 0 Å². The second-order valence-corrected chi connectivity index (χ2v) is 8.84. The van der Waals surface area contributed by atoms with Crippen molar-refractivity contribution < 1.29 is 9.53 Å². The van der Waals surface area contributed by atoms with Crippen LogP contribution in [-0.2, 0) is 0 Å². The van der Waals surface area contributed by atoms with Gasteiger partial charge < -0.3 is 4.74 Å². The van der Waals surface area contributed by atoms with Crippen molar-refractivity contribution in [2.75, 3.05) is 5.32 Å². The smallest absolute Gasteiger partial charge is 0.257 e. The number of rotatable bonds is 6. The van der Waals surface area contributed by atoms with Crippen LogP contribution < -0.4 is 10.1 Å². The van der Waals surface area contributed by atoms with Crippen LogP contribution >= 0.6 is 11.3 Å². The molecule has 1 amide bonds. The minimum absolute atomic E-state index is 0.200. The predicted octanol–water partition coefficient (Wildman–Crippen LogP) is 6.99. The number of nitrogens with zero attached hydrogens (tertiary/aromatic N) is 2. The molecule has 6 heteroatoms. The summed E-state index contributed by atoms with van der Waals surface area (Å²) in [6, 6.07) is 15.6. The van der Waals surface area contributed by atoms with Crippen molar-refractivity contribution in [3.05, 3.63) is 88.6 Å². The molecular weight excluding hydrogens is 418 g/mol. The Morgan fingerprint density at radius 2 is 1.62 bits per heavy atom. The summed E-state index contributed by atoms with van der Waals surface area (Å²) in [5.74, 6) is 1.90. The number of benzene rings is 2. The molecule has 0 aliphatic heterocycles. The minimum Gasteiger partial charge on any atom is -0.457 e. The Morgan fingerprint density at radius 3 is 2.25 bits per heavy atom. The van der Waals surface area contributed by atoms with Gasteiger partial charge in [0.2, 0.25) is 0 Å². The zero-order valence-electron chi connectivity index (χ0n) is 18.5. The van der Waals surface area contributed by atoms with Gasteiger partial charge in [-0.2, -0.15) is 0 Å². The largest absolute Gasteiger partial charge is 0.457 e. The third-order valence-corrected chi connectivity index (χ3v) is 5.97. The summed E-state index contributed by atoms with van der Waals surface area (Å²) in [6.07, 6.45) is 3.19. The fourth-order valence-electron chi connectivity index (χ4n) is 3.56. The Kier molecular flexibility index (Phi) is 6.32. The van der Waals surface area contributed by atoms with Gasteiger partial charge >= 0.3 is 0 Å². The Morgan fingerprint density at radius 1 is 0.969 bits per heavy atom. The van der Waals surface area contributed by atoms with E-state index in [1.165, 1.54) is 16.9 Å². The molecule has 2 heterocycles. The van der Waals surface area contributed by atoms with Gasteiger partial charge in [-0.1, -0.05) is 26.0 Å². The second-order valence-electron chi connectivity index (χ2n) is 7.99. The molecule has 1 N–H and O–H groups in total. The van der Waals surface area contributed by atoms with Crippen LogP contribution in [-0.4, -0.2) is 15.9 Å². The molecule has 0 radical (unpaired) electrons. The minimum atomic E-state index is -0.200. The van der Waals surface area contributed by atoms with Crippen LogP contribution in [0.3, 0.4) is 0 Å². The first-order valence-electron chi connectivity index (χ1n) is 10.5. The SMILES string of the molecule is Cc1cc(Oc2ccc(C(C)C)cc2)cc(C)c1-c1csc(NC(=O)c2ccncc2)n1. The lowest BCUT2D eigenvalue weighted by Gasteiger charge is -2.13. The molecule has 5 nitrogen and oxygen atoms in total. The van der Waals surface area contributed by atoms with Crippen LogP contribution in [0.4, 0.5) is 5.13 Å². The van der Waals surface area contributed by atoms with Crippen molar-refractivity contribution in [2.45, 2.75) is 33.6 Å². The Balaban J connectivity index is 1.52. The number of ether oxygens (including phenoxy) is 1. The van der Waals surface area contributed by atoms with Crippen LogP contribution in [0.5, 0.6) is 11.5 Å². The van der Waals surface area contributed by atoms with E-state index in [9.17, 15) is 4.79 Å². The van der Waals surface area contributed by atoms with Crippen molar-refractivity contribution in [3.63, 3.8) is 0 Å². The number of anilines is 1. The summed E-state index contributed by atoms with van der Waals surface area (Å²) in [5.41, 5.74) is 5.85. The molecular formula is C26H25N3O2S. The van der Waals surface area contributed by atoms with E-state index < -0.39 is 0 Å². The Bertz CT molecular complexity index is 1210. The fourth-order valence-corrected chi connectivity index (χ4v) is 4.26. The molecule has 4 aromatic rings. The summed E-state index contributed by atoms with van der Waals surface area (Å²) in [5, 5.41) is 5.38. The van der Waals surface area contributed by atoms with Gasteiger partial charge in [-0.05, 0) is 72.9 Å². The van der Waals surface area contributed by atoms with E-state index in [-0.39, 0.29) is 5.91 Å². The maximum absolute atomic E-state index is 12.4. The van der Waals surface area contributed by atoms with E-state index in [0.29, 0.717) is 16.6 Å². The molecule has 0 saturated heterocycles. The molecule has 0 atom stereocenters. The predicted molar refractivity (Wildman–Crippen MR) is 130 cm³/mol. The highest BCUT2D eigenvalue weighted by Gasteiger charge is 2.14. The molecule has 0 unspecified atom stereocenters. The fraction of sp³-hybridized carbons (Fsp3) is 0.192. The van der Waals surface area contributed by atoms with E-state index in [2.05, 4.69) is 41.3 Å². The quantitative estimate of drug-likeness (QED) is 0.349. The van der Waals surface area contributed by atoms with Crippen LogP contribution in [0.1, 0.15) is 46.8 Å². The number of hydrogen-bond acceptors (Lipinski definition) is 5. The number of aryl methyl sites for hydroxylation is 2. The Hall–Kier alpha value is -3.51. The van der Waals surface area contributed by atoms with Crippen LogP contribution in [0.25, 0.3) is 11.3 Å². The van der Waals surface area contributed by atoms with Crippen molar-refractivity contribution in [1.29, 1.82) is 0 Å². The molecule has 0 aliphatic rings. The first-order chi connectivity index (χ1) is 15.4. The number of amides is 1. The highest BCUT2D eigenvalue weighted by Crippen LogP contribution is 2.34. The van der Waals surface area contributed by atoms with E-state index in [0.717, 1.165) is 33.9 Å². The molecule has 162 valence electrons. The lowest BCUT2D eigenvalue weighted by atomic mass is 10.00. The number of aromatic nitrogens is 2. The zero-order chi connectivity index (χ0) is 22.7. The summed E-state index contributed by atoms with van der Waals surface area (Å²) in [4.78, 5) is 21.0. The monoisotopic (exact) mass is 443 g/mol. The van der Waals surface area contributed by atoms with Crippen LogP contribution in [0.15, 0.2) is 66.3 Å². The van der Waals surface area contributed by atoms with Gasteiger partial charge in [0.1, 0.15) is 11.5 Å². The number of nitrogens with one attached hydrogen (secondary N) is 1. The first-order valence-corrected chi connectivity index (χ1v) is 11.3. The van der Waals surface area contributed by atoms with Crippen molar-refractivity contribution in [3.8, 4) is 22.8 Å². The summed E-state index contributed by atoms with van der Waals surface area (Å²) < 4.78 is 6.09. The van der Waals surface area contributed by atoms with Crippen LogP contribution in [0.2, 0.25) is 0 Å². The maximum atomic E-state index is 12.4. The van der Waals surface area contributed by atoms with Gasteiger partial charge in [0.25, 0.3) is 5.91 Å². The maximum Gasteiger partial charge on any atom is 0.257 e. The normalized spacial score (nSPS) is 10.9. The molecule has 0 fully saturated rings. The highest BCUT2D eigenvalue weighted by atomic mass is 32.1. The van der Waals surface area contributed by atoms with Crippen molar-refractivity contribution >= 4 is 22.4 Å². The first kappa shape index (κ1) is 21.7. The molecule has 32 heavy (non-hydrogen) atoms. The number of carbonyl (C=O) groups excluding carboxylic acids is 1. The van der Waals surface area contributed by atoms with Crippen molar-refractivity contribution in [1.82, 2.24) is 9.97 Å². The molecule has 0 spiro atoms. The summed E-state index contributed by atoms with van der Waals surface area (Å²) in [7, 11) is 0. The summed E-state index contributed by atoms with van der Waals surface area (Å²) in [6.45, 7) is 8.45. The molecule has 0 saturated carbocycles. The van der Waals surface area contributed by atoms with E-state index in [1.807, 2.05) is 43.5 Å². The molecule has 4 rings (SSSR count). The number of pyridine rings is 1. The molecule has 2 aromatic heterocycles. The average molecular weight is 444 g/mol. The average Bonchev–Trinajstić information content (AvgIpc) is 3.22. The third kappa shape index (κ3) is 4.86. The molecule has 0 aliphatic carbocycles. The highest BCUT2D eigenvalue weighted by molar-refractivity contribution is 7.14. The van der Waals surface area contributed by atoms with Gasteiger partial charge in [-0.15, -0.1) is 11.3 Å². The third-order valence-electron chi connectivity index (χ3n) is 5.21. The second kappa shape index (κ2) is 9.32. The molecule has 2 aromatic carbocycles. The van der Waals surface area contributed by atoms with Gasteiger partial charge in [-0.3, -0.25) is 15.1 Å². The number of hydrogen-bond donors (Lipinski definition) is 1. The van der Waals surface area contributed by atoms with E-state index in [4.69, 9.17) is 4.74 Å². The standard InChI is InChI=1S/C26H25N3O2S/c1-16(2)19-5-7-21(8-6-19)31-22-13-17(3)24(18(4)14-22)23-15-32-26(28-23)29-25(30)20-9-11-27-12-10-20/h5-16H,1-4H3,(H,28,29,30). The summed E-state index contributed by atoms with van der Waals surface area (Å²) >= 11 is 1.41. The van der Waals surface area contributed by atoms with E-state index in [1.54, 1.807) is 24.5 Å². The van der Waals surface area contributed by atoms with Gasteiger partial charge in [0.05, 0.1) is 5.69 Å². The van der Waals surface area contributed by atoms with Gasteiger partial charge in [0, 0.05) is 28.9 Å². The molecule has 0 bridgehead atoms. The van der Waals surface area contributed by atoms with Crippen LogP contribution in [0, 0.1) is 13.8 Å². The van der Waals surface area contributed by atoms with Gasteiger partial charge in [-0.25, -0.2) is 4.98 Å².